The van der Waals surface area contributed by atoms with E-state index in [1.165, 1.54) is 0 Å². The quantitative estimate of drug-likeness (QED) is 0.796. The van der Waals surface area contributed by atoms with Gasteiger partial charge in [0.2, 0.25) is 0 Å². The largest absolute Gasteiger partial charge is 0.481 e. The van der Waals surface area contributed by atoms with Crippen LogP contribution < -0.4 is 15.4 Å². The topological polar surface area (TPSA) is 59.6 Å². The summed E-state index contributed by atoms with van der Waals surface area (Å²) in [5.41, 5.74) is -0.0865. The van der Waals surface area contributed by atoms with E-state index in [1.807, 2.05) is 0 Å². The Kier molecular flexibility index (Phi) is 6.29. The average Bonchev–Trinajstić information content (AvgIpc) is 2.53. The molecule has 0 aromatic heterocycles. The monoisotopic (exact) mass is 328 g/mol. The fourth-order valence-electron chi connectivity index (χ4n) is 2.71. The fourth-order valence-corrected chi connectivity index (χ4v) is 2.71. The molecule has 128 valence electrons. The van der Waals surface area contributed by atoms with E-state index in [-0.39, 0.29) is 23.7 Å². The highest BCUT2D eigenvalue weighted by Crippen LogP contribution is 2.28. The van der Waals surface area contributed by atoms with Crippen LogP contribution in [0.1, 0.15) is 12.8 Å². The van der Waals surface area contributed by atoms with Crippen molar-refractivity contribution in [3.8, 4) is 5.75 Å². The fraction of sp³-hybridized carbons (Fsp3) is 0.562. The molecule has 0 spiro atoms. The minimum atomic E-state index is -0.827. The third-order valence-electron chi connectivity index (χ3n) is 4.03. The number of ether oxygens (including phenoxy) is 2. The Morgan fingerprint density at radius 2 is 2.09 bits per heavy atom. The third kappa shape index (κ3) is 5.14. The predicted octanol–water partition coefficient (Wildman–Crippen LogP) is 1.48. The zero-order valence-electron chi connectivity index (χ0n) is 13.2. The van der Waals surface area contributed by atoms with Crippen LogP contribution in [0.4, 0.5) is 8.78 Å². The van der Waals surface area contributed by atoms with Crippen LogP contribution in [0.5, 0.6) is 5.75 Å². The van der Waals surface area contributed by atoms with Gasteiger partial charge in [-0.15, -0.1) is 0 Å². The molecule has 0 bridgehead atoms. The van der Waals surface area contributed by atoms with E-state index in [0.717, 1.165) is 44.1 Å². The third-order valence-corrected chi connectivity index (χ3v) is 4.03. The summed E-state index contributed by atoms with van der Waals surface area (Å²) < 4.78 is 36.6. The van der Waals surface area contributed by atoms with Crippen molar-refractivity contribution in [2.75, 3.05) is 40.0 Å². The van der Waals surface area contributed by atoms with Crippen molar-refractivity contribution in [3.05, 3.63) is 29.8 Å². The lowest BCUT2D eigenvalue weighted by Gasteiger charge is -2.37. The number of carbonyl (C=O) groups excluding carboxylic acids is 1. The summed E-state index contributed by atoms with van der Waals surface area (Å²) in [6.45, 7) is 2.51. The maximum absolute atomic E-state index is 13.4. The van der Waals surface area contributed by atoms with Gasteiger partial charge in [-0.1, -0.05) is 0 Å². The van der Waals surface area contributed by atoms with Crippen molar-refractivity contribution in [1.29, 1.82) is 0 Å². The zero-order chi connectivity index (χ0) is 16.7. The van der Waals surface area contributed by atoms with E-state index in [1.54, 1.807) is 7.11 Å². The molecule has 1 amide bonds. The summed E-state index contributed by atoms with van der Waals surface area (Å²) >= 11 is 0. The molecule has 7 heteroatoms. The van der Waals surface area contributed by atoms with Gasteiger partial charge in [0.1, 0.15) is 5.82 Å². The van der Waals surface area contributed by atoms with Crippen LogP contribution in [-0.4, -0.2) is 45.9 Å². The molecule has 1 fully saturated rings. The Labute approximate surface area is 134 Å². The Morgan fingerprint density at radius 3 is 2.74 bits per heavy atom. The molecule has 0 unspecified atom stereocenters. The first-order valence-corrected chi connectivity index (χ1v) is 7.59. The smallest absolute Gasteiger partial charge is 0.257 e. The summed E-state index contributed by atoms with van der Waals surface area (Å²) in [6, 6.07) is 2.96. The highest BCUT2D eigenvalue weighted by Gasteiger charge is 2.32. The van der Waals surface area contributed by atoms with Gasteiger partial charge >= 0.3 is 0 Å². The van der Waals surface area contributed by atoms with E-state index >= 15 is 0 Å². The number of benzene rings is 1. The van der Waals surface area contributed by atoms with Crippen molar-refractivity contribution in [2.45, 2.75) is 12.8 Å². The number of hydrogen-bond acceptors (Lipinski definition) is 4. The summed E-state index contributed by atoms with van der Waals surface area (Å²) in [6.07, 6.45) is 1.82. The van der Waals surface area contributed by atoms with Crippen molar-refractivity contribution >= 4 is 5.91 Å². The van der Waals surface area contributed by atoms with Crippen molar-refractivity contribution in [3.63, 3.8) is 0 Å². The Bertz CT molecular complexity index is 529. The van der Waals surface area contributed by atoms with Crippen LogP contribution in [0.3, 0.4) is 0 Å². The van der Waals surface area contributed by atoms with E-state index in [9.17, 15) is 13.6 Å². The molecule has 23 heavy (non-hydrogen) atoms. The molecule has 0 aliphatic carbocycles. The molecule has 1 aliphatic heterocycles. The summed E-state index contributed by atoms with van der Waals surface area (Å²) in [7, 11) is 1.64. The standard InChI is InChI=1S/C16H22F2N2O3/c1-22-11-16(4-6-19-7-5-16)10-20-15(21)9-23-14-3-2-12(17)8-13(14)18/h2-3,8,19H,4-7,9-11H2,1H3,(H,20,21). The molecule has 1 aliphatic rings. The number of methoxy groups -OCH3 is 1. The maximum Gasteiger partial charge on any atom is 0.257 e. The number of hydrogen-bond donors (Lipinski definition) is 2. The average molecular weight is 328 g/mol. The van der Waals surface area contributed by atoms with Crippen molar-refractivity contribution < 1.29 is 23.0 Å². The van der Waals surface area contributed by atoms with Gasteiger partial charge in [0.15, 0.2) is 18.2 Å². The summed E-state index contributed by atoms with van der Waals surface area (Å²) in [4.78, 5) is 11.9. The SMILES string of the molecule is COCC1(CNC(=O)COc2ccc(F)cc2F)CCNCC1. The molecule has 0 saturated carbocycles. The highest BCUT2D eigenvalue weighted by atomic mass is 19.1. The Hall–Kier alpha value is -1.73. The minimum Gasteiger partial charge on any atom is -0.481 e. The van der Waals surface area contributed by atoms with Crippen LogP contribution in [0.2, 0.25) is 0 Å². The molecule has 2 rings (SSSR count). The van der Waals surface area contributed by atoms with Gasteiger partial charge in [-0.25, -0.2) is 8.78 Å². The number of piperidine rings is 1. The number of carbonyl (C=O) groups is 1. The molecule has 1 heterocycles. The number of amides is 1. The Balaban J connectivity index is 1.81. The maximum atomic E-state index is 13.4. The first-order chi connectivity index (χ1) is 11.0. The molecule has 1 saturated heterocycles. The zero-order valence-corrected chi connectivity index (χ0v) is 13.2. The molecule has 1 aromatic carbocycles. The van der Waals surface area contributed by atoms with Gasteiger partial charge < -0.3 is 20.1 Å². The van der Waals surface area contributed by atoms with Crippen LogP contribution >= 0.6 is 0 Å². The van der Waals surface area contributed by atoms with Gasteiger partial charge in [0.25, 0.3) is 5.91 Å². The van der Waals surface area contributed by atoms with Crippen LogP contribution in [0, 0.1) is 17.0 Å². The van der Waals surface area contributed by atoms with E-state index in [2.05, 4.69) is 10.6 Å². The minimum absolute atomic E-state index is 0.0865. The van der Waals surface area contributed by atoms with E-state index in [4.69, 9.17) is 9.47 Å². The Morgan fingerprint density at radius 1 is 1.35 bits per heavy atom. The number of nitrogens with one attached hydrogen (secondary N) is 2. The first-order valence-electron chi connectivity index (χ1n) is 7.59. The van der Waals surface area contributed by atoms with E-state index < -0.39 is 11.6 Å². The van der Waals surface area contributed by atoms with Gasteiger partial charge in [-0.2, -0.15) is 0 Å². The molecule has 5 nitrogen and oxygen atoms in total. The first kappa shape index (κ1) is 17.6. The van der Waals surface area contributed by atoms with Crippen LogP contribution in [-0.2, 0) is 9.53 Å². The molecular formula is C16H22F2N2O3. The molecule has 0 atom stereocenters. The summed E-state index contributed by atoms with van der Waals surface area (Å²) in [5, 5.41) is 6.09. The highest BCUT2D eigenvalue weighted by molar-refractivity contribution is 5.77. The molecule has 0 radical (unpaired) electrons. The lowest BCUT2D eigenvalue weighted by molar-refractivity contribution is -0.124. The molecular weight excluding hydrogens is 306 g/mol. The molecule has 1 aromatic rings. The second-order valence-electron chi connectivity index (χ2n) is 5.82. The lowest BCUT2D eigenvalue weighted by atomic mass is 9.79. The number of halogens is 2. The van der Waals surface area contributed by atoms with E-state index in [0.29, 0.717) is 13.2 Å². The normalized spacial score (nSPS) is 16.8. The molecule has 2 N–H and O–H groups in total. The van der Waals surface area contributed by atoms with Gasteiger partial charge in [0.05, 0.1) is 6.61 Å². The lowest BCUT2D eigenvalue weighted by Crippen LogP contribution is -2.47. The second-order valence-corrected chi connectivity index (χ2v) is 5.82. The predicted molar refractivity (Wildman–Crippen MR) is 81.3 cm³/mol. The van der Waals surface area contributed by atoms with Gasteiger partial charge in [-0.3, -0.25) is 4.79 Å². The van der Waals surface area contributed by atoms with Gasteiger partial charge in [0, 0.05) is 25.1 Å². The number of rotatable bonds is 7. The van der Waals surface area contributed by atoms with Crippen molar-refractivity contribution in [2.24, 2.45) is 5.41 Å². The van der Waals surface area contributed by atoms with Gasteiger partial charge in [-0.05, 0) is 38.1 Å². The second kappa shape index (κ2) is 8.21. The van der Waals surface area contributed by atoms with Crippen LogP contribution in [0.15, 0.2) is 18.2 Å². The van der Waals surface area contributed by atoms with Crippen LogP contribution in [0.25, 0.3) is 0 Å². The summed E-state index contributed by atoms with van der Waals surface area (Å²) in [5.74, 6) is -2.00. The van der Waals surface area contributed by atoms with Crippen molar-refractivity contribution in [1.82, 2.24) is 10.6 Å².